The Morgan fingerprint density at radius 2 is 1.85 bits per heavy atom. The third-order valence-electron chi connectivity index (χ3n) is 4.67. The van der Waals surface area contributed by atoms with E-state index >= 15 is 0 Å². The van der Waals surface area contributed by atoms with Gasteiger partial charge in [-0.2, -0.15) is 0 Å². The van der Waals surface area contributed by atoms with Gasteiger partial charge in [0.15, 0.2) is 0 Å². The number of phenolic OH excluding ortho intramolecular Hbond substituents is 1. The van der Waals surface area contributed by atoms with E-state index in [1.807, 2.05) is 26.0 Å². The number of carbonyl (C=O) groups excluding carboxylic acids is 1. The van der Waals surface area contributed by atoms with Crippen LogP contribution in [0.1, 0.15) is 19.4 Å². The Morgan fingerprint density at radius 3 is 2.50 bits per heavy atom. The second kappa shape index (κ2) is 6.53. The Labute approximate surface area is 153 Å². The number of likely N-dealkylation sites (N-methyl/N-ethyl adjacent to an activating group) is 1. The molecule has 0 spiro atoms. The van der Waals surface area contributed by atoms with Crippen molar-refractivity contribution in [1.82, 2.24) is 0 Å². The first-order valence-corrected chi connectivity index (χ1v) is 8.38. The first kappa shape index (κ1) is 18.1. The molecular formula is C20H24N2O4. The van der Waals surface area contributed by atoms with Crippen molar-refractivity contribution in [3.8, 4) is 22.6 Å². The summed E-state index contributed by atoms with van der Waals surface area (Å²) in [6, 6.07) is 8.93. The number of hydrogen-bond donors (Lipinski definition) is 2. The quantitative estimate of drug-likeness (QED) is 0.879. The summed E-state index contributed by atoms with van der Waals surface area (Å²) < 4.78 is 10.9. The smallest absolute Gasteiger partial charge is 0.251 e. The van der Waals surface area contributed by atoms with Crippen molar-refractivity contribution in [2.24, 2.45) is 0 Å². The van der Waals surface area contributed by atoms with Crippen molar-refractivity contribution in [2.45, 2.75) is 26.0 Å². The molecule has 138 valence electrons. The van der Waals surface area contributed by atoms with Crippen LogP contribution in [0.2, 0.25) is 0 Å². The molecule has 0 saturated heterocycles. The lowest BCUT2D eigenvalue weighted by atomic mass is 9.92. The number of nitrogens with one attached hydrogen (secondary N) is 1. The van der Waals surface area contributed by atoms with Crippen LogP contribution in [-0.4, -0.2) is 37.8 Å². The zero-order chi connectivity index (χ0) is 19.1. The molecule has 1 aliphatic heterocycles. The number of phenols is 1. The van der Waals surface area contributed by atoms with Gasteiger partial charge in [0.05, 0.1) is 25.1 Å². The van der Waals surface area contributed by atoms with Gasteiger partial charge in [0.25, 0.3) is 5.91 Å². The number of amides is 1. The molecule has 6 heteroatoms. The minimum absolute atomic E-state index is 0.0165. The van der Waals surface area contributed by atoms with Crippen LogP contribution in [0.4, 0.5) is 11.4 Å². The average molecular weight is 356 g/mol. The summed E-state index contributed by atoms with van der Waals surface area (Å²) in [4.78, 5) is 14.4. The summed E-state index contributed by atoms with van der Waals surface area (Å²) in [6.07, 6.45) is 0. The minimum Gasteiger partial charge on any atom is -0.508 e. The maximum atomic E-state index is 12.7. The summed E-state index contributed by atoms with van der Waals surface area (Å²) in [6.45, 7) is 4.06. The van der Waals surface area contributed by atoms with Crippen molar-refractivity contribution in [3.63, 3.8) is 0 Å². The van der Waals surface area contributed by atoms with E-state index in [1.165, 1.54) is 0 Å². The normalized spacial score (nSPS) is 15.4. The number of benzene rings is 2. The first-order chi connectivity index (χ1) is 12.3. The molecule has 26 heavy (non-hydrogen) atoms. The summed E-state index contributed by atoms with van der Waals surface area (Å²) in [5.41, 5.74) is 3.60. The number of methoxy groups -OCH3 is 2. The van der Waals surface area contributed by atoms with E-state index in [-0.39, 0.29) is 11.7 Å². The fourth-order valence-electron chi connectivity index (χ4n) is 3.48. The highest BCUT2D eigenvalue weighted by Gasteiger charge is 2.38. The monoisotopic (exact) mass is 356 g/mol. The third-order valence-corrected chi connectivity index (χ3v) is 4.67. The van der Waals surface area contributed by atoms with E-state index < -0.39 is 5.54 Å². The molecule has 0 aromatic heterocycles. The van der Waals surface area contributed by atoms with Crippen molar-refractivity contribution < 1.29 is 19.4 Å². The number of hydrogen-bond acceptors (Lipinski definition) is 5. The zero-order valence-electron chi connectivity index (χ0n) is 15.7. The average Bonchev–Trinajstić information content (AvgIpc) is 2.60. The second-order valence-corrected chi connectivity index (χ2v) is 6.92. The number of nitrogens with zero attached hydrogens (tertiary/aromatic N) is 1. The lowest BCUT2D eigenvalue weighted by Crippen LogP contribution is -2.52. The zero-order valence-corrected chi connectivity index (χ0v) is 15.7. The van der Waals surface area contributed by atoms with Gasteiger partial charge >= 0.3 is 0 Å². The van der Waals surface area contributed by atoms with E-state index in [2.05, 4.69) is 5.32 Å². The van der Waals surface area contributed by atoms with Crippen molar-refractivity contribution in [1.29, 1.82) is 0 Å². The number of anilines is 2. The van der Waals surface area contributed by atoms with E-state index in [0.717, 1.165) is 28.1 Å². The molecule has 0 saturated carbocycles. The van der Waals surface area contributed by atoms with Crippen molar-refractivity contribution in [3.05, 3.63) is 35.9 Å². The van der Waals surface area contributed by atoms with Gasteiger partial charge in [-0.1, -0.05) is 6.07 Å². The van der Waals surface area contributed by atoms with E-state index in [1.54, 1.807) is 44.4 Å². The molecule has 0 aliphatic carbocycles. The van der Waals surface area contributed by atoms with Gasteiger partial charge in [-0.3, -0.25) is 4.79 Å². The third kappa shape index (κ3) is 2.86. The molecule has 2 N–H and O–H groups in total. The molecule has 2 aromatic carbocycles. The van der Waals surface area contributed by atoms with Gasteiger partial charge in [0.2, 0.25) is 0 Å². The molecule has 1 heterocycles. The molecule has 0 fully saturated rings. The van der Waals surface area contributed by atoms with Gasteiger partial charge in [-0.25, -0.2) is 0 Å². The van der Waals surface area contributed by atoms with Crippen LogP contribution >= 0.6 is 0 Å². The highest BCUT2D eigenvalue weighted by Crippen LogP contribution is 2.44. The van der Waals surface area contributed by atoms with Gasteiger partial charge in [-0.15, -0.1) is 0 Å². The molecule has 1 aliphatic rings. The molecule has 0 unspecified atom stereocenters. The van der Waals surface area contributed by atoms with Crippen LogP contribution in [0.15, 0.2) is 30.3 Å². The van der Waals surface area contributed by atoms with E-state index in [0.29, 0.717) is 12.4 Å². The number of carbonyl (C=O) groups is 1. The lowest BCUT2D eigenvalue weighted by Gasteiger charge is -2.39. The molecule has 0 bridgehead atoms. The maximum Gasteiger partial charge on any atom is 0.251 e. The molecule has 0 atom stereocenters. The lowest BCUT2D eigenvalue weighted by molar-refractivity contribution is -0.121. The summed E-state index contributed by atoms with van der Waals surface area (Å²) in [5.74, 6) is 0.671. The Balaban J connectivity index is 2.26. The predicted octanol–water partition coefficient (Wildman–Crippen LogP) is 3.38. The van der Waals surface area contributed by atoms with E-state index in [9.17, 15) is 9.90 Å². The Morgan fingerprint density at radius 1 is 1.15 bits per heavy atom. The SMILES string of the molecule is COCc1c(-c2ccc(O)cc2OC)ccc2c1N(C)C(=O)C(C)(C)N2. The largest absolute Gasteiger partial charge is 0.508 e. The summed E-state index contributed by atoms with van der Waals surface area (Å²) in [5, 5.41) is 13.1. The molecule has 6 nitrogen and oxygen atoms in total. The number of aromatic hydroxyl groups is 1. The number of rotatable bonds is 4. The van der Waals surface area contributed by atoms with Crippen LogP contribution in [-0.2, 0) is 16.1 Å². The first-order valence-electron chi connectivity index (χ1n) is 8.38. The Hall–Kier alpha value is -2.73. The predicted molar refractivity (Wildman–Crippen MR) is 102 cm³/mol. The molecule has 1 amide bonds. The number of fused-ring (bicyclic) bond motifs is 1. The molecule has 2 aromatic rings. The van der Waals surface area contributed by atoms with Gasteiger partial charge in [-0.05, 0) is 37.6 Å². The minimum atomic E-state index is -0.677. The van der Waals surface area contributed by atoms with Crippen molar-refractivity contribution >= 4 is 17.3 Å². The summed E-state index contributed by atoms with van der Waals surface area (Å²) in [7, 11) is 4.96. The number of ether oxygens (including phenoxy) is 2. The fourth-order valence-corrected chi connectivity index (χ4v) is 3.48. The van der Waals surface area contributed by atoms with Crippen LogP contribution in [0, 0.1) is 0 Å². The second-order valence-electron chi connectivity index (χ2n) is 6.92. The van der Waals surface area contributed by atoms with Gasteiger partial charge in [0, 0.05) is 31.4 Å². The molecule has 3 rings (SSSR count). The van der Waals surface area contributed by atoms with E-state index in [4.69, 9.17) is 9.47 Å². The standard InChI is InChI=1S/C20H24N2O4/c1-20(2)19(24)22(3)18-15(11-25-4)13(8-9-16(18)21-20)14-7-6-12(23)10-17(14)26-5/h6-10,21,23H,11H2,1-5H3. The Bertz CT molecular complexity index is 861. The topological polar surface area (TPSA) is 71.0 Å². The highest BCUT2D eigenvalue weighted by molar-refractivity contribution is 6.08. The highest BCUT2D eigenvalue weighted by atomic mass is 16.5. The van der Waals surface area contributed by atoms with Gasteiger partial charge in [0.1, 0.15) is 17.0 Å². The molecule has 0 radical (unpaired) electrons. The summed E-state index contributed by atoms with van der Waals surface area (Å²) >= 11 is 0. The van der Waals surface area contributed by atoms with Crippen LogP contribution < -0.4 is 15.0 Å². The van der Waals surface area contributed by atoms with Crippen LogP contribution in [0.3, 0.4) is 0 Å². The van der Waals surface area contributed by atoms with Crippen molar-refractivity contribution in [2.75, 3.05) is 31.5 Å². The fraction of sp³-hybridized carbons (Fsp3) is 0.350. The van der Waals surface area contributed by atoms with Gasteiger partial charge < -0.3 is 24.8 Å². The molecular weight excluding hydrogens is 332 g/mol. The van der Waals surface area contributed by atoms with Crippen LogP contribution in [0.25, 0.3) is 11.1 Å². The Kier molecular flexibility index (Phi) is 4.54. The van der Waals surface area contributed by atoms with Crippen LogP contribution in [0.5, 0.6) is 11.5 Å². The maximum absolute atomic E-state index is 12.7.